The average molecular weight is 274 g/mol. The highest BCUT2D eigenvalue weighted by molar-refractivity contribution is 5.27. The van der Waals surface area contributed by atoms with Crippen LogP contribution in [-0.2, 0) is 6.42 Å². The lowest BCUT2D eigenvalue weighted by molar-refractivity contribution is 0.227. The third-order valence-electron chi connectivity index (χ3n) is 4.83. The van der Waals surface area contributed by atoms with Crippen molar-refractivity contribution in [3.63, 3.8) is 0 Å². The van der Waals surface area contributed by atoms with E-state index in [1.165, 1.54) is 37.9 Å². The molecule has 1 aromatic carbocycles. The summed E-state index contributed by atoms with van der Waals surface area (Å²) in [5.74, 6) is 2.93. The molecule has 1 heterocycles. The van der Waals surface area contributed by atoms with Gasteiger partial charge in [-0.25, -0.2) is 0 Å². The largest absolute Gasteiger partial charge is 0.492 e. The van der Waals surface area contributed by atoms with Crippen LogP contribution in [0, 0.1) is 11.8 Å². The van der Waals surface area contributed by atoms with E-state index in [0.717, 1.165) is 37.2 Å². The van der Waals surface area contributed by atoms with Crippen molar-refractivity contribution < 1.29 is 4.74 Å². The van der Waals surface area contributed by atoms with Gasteiger partial charge in [0.05, 0.1) is 0 Å². The molecule has 0 bridgehead atoms. The maximum absolute atomic E-state index is 5.85. The molecule has 1 saturated heterocycles. The Morgan fingerprint density at radius 1 is 1.10 bits per heavy atom. The molecule has 0 amide bonds. The number of nitrogens with zero attached hydrogens (tertiary/aromatic N) is 1. The number of fused-ring (bicyclic) bond motifs is 1. The first-order valence-corrected chi connectivity index (χ1v) is 7.99. The van der Waals surface area contributed by atoms with Gasteiger partial charge in [-0.15, -0.1) is 0 Å². The zero-order valence-electron chi connectivity index (χ0n) is 12.3. The maximum atomic E-state index is 5.85. The molecule has 1 aromatic rings. The van der Waals surface area contributed by atoms with Crippen molar-refractivity contribution >= 4 is 0 Å². The molecule has 3 nitrogen and oxygen atoms in total. The summed E-state index contributed by atoms with van der Waals surface area (Å²) < 4.78 is 5.85. The van der Waals surface area contributed by atoms with Crippen LogP contribution in [0.15, 0.2) is 24.3 Å². The normalized spacial score (nSPS) is 25.9. The highest BCUT2D eigenvalue weighted by atomic mass is 16.5. The van der Waals surface area contributed by atoms with Gasteiger partial charge in [-0.3, -0.25) is 4.90 Å². The van der Waals surface area contributed by atoms with E-state index in [-0.39, 0.29) is 0 Å². The van der Waals surface area contributed by atoms with Crippen LogP contribution in [0.2, 0.25) is 0 Å². The predicted octanol–water partition coefficient (Wildman–Crippen LogP) is 2.30. The molecular weight excluding hydrogens is 248 g/mol. The van der Waals surface area contributed by atoms with Crippen LogP contribution in [-0.4, -0.2) is 37.7 Å². The third kappa shape index (κ3) is 3.33. The molecule has 110 valence electrons. The lowest BCUT2D eigenvalue weighted by Crippen LogP contribution is -2.27. The van der Waals surface area contributed by atoms with Gasteiger partial charge in [0, 0.05) is 19.6 Å². The predicted molar refractivity (Wildman–Crippen MR) is 82.0 cm³/mol. The summed E-state index contributed by atoms with van der Waals surface area (Å²) in [6.07, 6.45) is 5.29. The third-order valence-corrected chi connectivity index (χ3v) is 4.83. The first-order chi connectivity index (χ1) is 9.85. The van der Waals surface area contributed by atoms with Crippen LogP contribution in [0.25, 0.3) is 0 Å². The summed E-state index contributed by atoms with van der Waals surface area (Å²) in [5.41, 5.74) is 6.83. The SMILES string of the molecule is NCCc1ccc(OCCN2CC3CCCC3C2)cc1. The average Bonchev–Trinajstić information content (AvgIpc) is 3.02. The minimum absolute atomic E-state index is 0.706. The summed E-state index contributed by atoms with van der Waals surface area (Å²) in [4.78, 5) is 2.58. The second-order valence-corrected chi connectivity index (χ2v) is 6.24. The minimum Gasteiger partial charge on any atom is -0.492 e. The van der Waals surface area contributed by atoms with Gasteiger partial charge in [0.1, 0.15) is 12.4 Å². The number of hydrogen-bond acceptors (Lipinski definition) is 3. The van der Waals surface area contributed by atoms with Gasteiger partial charge in [0.2, 0.25) is 0 Å². The molecule has 3 heteroatoms. The van der Waals surface area contributed by atoms with Crippen molar-refractivity contribution in [3.8, 4) is 5.75 Å². The van der Waals surface area contributed by atoms with Crippen LogP contribution < -0.4 is 10.5 Å². The summed E-state index contributed by atoms with van der Waals surface area (Å²) in [6.45, 7) is 5.16. The van der Waals surface area contributed by atoms with Gasteiger partial charge in [-0.2, -0.15) is 0 Å². The van der Waals surface area contributed by atoms with Crippen molar-refractivity contribution in [1.29, 1.82) is 0 Å². The fraction of sp³-hybridized carbons (Fsp3) is 0.647. The molecular formula is C17H26N2O. The highest BCUT2D eigenvalue weighted by Crippen LogP contribution is 2.37. The Kier molecular flexibility index (Phi) is 4.58. The lowest BCUT2D eigenvalue weighted by atomic mass is 10.0. The Balaban J connectivity index is 1.39. The van der Waals surface area contributed by atoms with Crippen LogP contribution in [0.1, 0.15) is 24.8 Å². The number of rotatable bonds is 6. The van der Waals surface area contributed by atoms with E-state index in [1.54, 1.807) is 0 Å². The number of ether oxygens (including phenoxy) is 1. The number of nitrogens with two attached hydrogens (primary N) is 1. The zero-order valence-corrected chi connectivity index (χ0v) is 12.3. The van der Waals surface area contributed by atoms with Crippen LogP contribution in [0.4, 0.5) is 0 Å². The quantitative estimate of drug-likeness (QED) is 0.865. The van der Waals surface area contributed by atoms with Crippen molar-refractivity contribution in [2.45, 2.75) is 25.7 Å². The first kappa shape index (κ1) is 13.9. The van der Waals surface area contributed by atoms with E-state index in [0.29, 0.717) is 6.54 Å². The van der Waals surface area contributed by atoms with Gasteiger partial charge in [0.15, 0.2) is 0 Å². The molecule has 0 aromatic heterocycles. The Labute approximate surface area is 122 Å². The fourth-order valence-corrected chi connectivity index (χ4v) is 3.73. The molecule has 2 fully saturated rings. The van der Waals surface area contributed by atoms with Crippen LogP contribution in [0.3, 0.4) is 0 Å². The molecule has 2 aliphatic rings. The molecule has 2 unspecified atom stereocenters. The van der Waals surface area contributed by atoms with Gasteiger partial charge < -0.3 is 10.5 Å². The highest BCUT2D eigenvalue weighted by Gasteiger charge is 2.35. The maximum Gasteiger partial charge on any atom is 0.119 e. The number of likely N-dealkylation sites (tertiary alicyclic amines) is 1. The molecule has 2 atom stereocenters. The van der Waals surface area contributed by atoms with E-state index < -0.39 is 0 Å². The van der Waals surface area contributed by atoms with Crippen molar-refractivity contribution in [3.05, 3.63) is 29.8 Å². The van der Waals surface area contributed by atoms with E-state index in [9.17, 15) is 0 Å². The second kappa shape index (κ2) is 6.59. The van der Waals surface area contributed by atoms with E-state index in [2.05, 4.69) is 29.2 Å². The summed E-state index contributed by atoms with van der Waals surface area (Å²) in [7, 11) is 0. The van der Waals surface area contributed by atoms with Crippen molar-refractivity contribution in [2.24, 2.45) is 17.6 Å². The topological polar surface area (TPSA) is 38.5 Å². The van der Waals surface area contributed by atoms with Crippen molar-refractivity contribution in [1.82, 2.24) is 4.90 Å². The minimum atomic E-state index is 0.706. The lowest BCUT2D eigenvalue weighted by Gasteiger charge is -2.17. The Hall–Kier alpha value is -1.06. The Bertz CT molecular complexity index is 406. The fourth-order valence-electron chi connectivity index (χ4n) is 3.73. The number of hydrogen-bond donors (Lipinski definition) is 1. The summed E-state index contributed by atoms with van der Waals surface area (Å²) in [5, 5.41) is 0. The molecule has 2 N–H and O–H groups in total. The van der Waals surface area contributed by atoms with E-state index >= 15 is 0 Å². The van der Waals surface area contributed by atoms with Crippen LogP contribution >= 0.6 is 0 Å². The van der Waals surface area contributed by atoms with Gasteiger partial charge in [-0.1, -0.05) is 18.6 Å². The van der Waals surface area contributed by atoms with Gasteiger partial charge >= 0.3 is 0 Å². The summed E-state index contributed by atoms with van der Waals surface area (Å²) >= 11 is 0. The smallest absolute Gasteiger partial charge is 0.119 e. The number of benzene rings is 1. The molecule has 20 heavy (non-hydrogen) atoms. The Morgan fingerprint density at radius 3 is 2.45 bits per heavy atom. The molecule has 0 spiro atoms. The van der Waals surface area contributed by atoms with E-state index in [1.807, 2.05) is 0 Å². The van der Waals surface area contributed by atoms with Crippen LogP contribution in [0.5, 0.6) is 5.75 Å². The van der Waals surface area contributed by atoms with Crippen molar-refractivity contribution in [2.75, 3.05) is 32.8 Å². The van der Waals surface area contributed by atoms with Gasteiger partial charge in [-0.05, 0) is 55.3 Å². The molecule has 1 aliphatic heterocycles. The molecule has 1 saturated carbocycles. The van der Waals surface area contributed by atoms with Gasteiger partial charge in [0.25, 0.3) is 0 Å². The second-order valence-electron chi connectivity index (χ2n) is 6.24. The Morgan fingerprint density at radius 2 is 1.80 bits per heavy atom. The summed E-state index contributed by atoms with van der Waals surface area (Å²) in [6, 6.07) is 8.35. The standard InChI is InChI=1S/C17H26N2O/c18-9-8-14-4-6-17(7-5-14)20-11-10-19-12-15-2-1-3-16(15)13-19/h4-7,15-16H,1-3,8-13,18H2. The molecule has 0 radical (unpaired) electrons. The molecule has 3 rings (SSSR count). The molecule has 1 aliphatic carbocycles. The zero-order chi connectivity index (χ0) is 13.8. The monoisotopic (exact) mass is 274 g/mol. The van der Waals surface area contributed by atoms with E-state index in [4.69, 9.17) is 10.5 Å². The first-order valence-electron chi connectivity index (χ1n) is 7.99.